The minimum atomic E-state index is 0.152. The smallest absolute Gasteiger partial charge is 0.254 e. The molecule has 2 saturated heterocycles. The predicted octanol–water partition coefficient (Wildman–Crippen LogP) is 6.21. The van der Waals surface area contributed by atoms with E-state index in [9.17, 15) is 4.79 Å². The number of allylic oxidation sites excluding steroid dienone is 4. The van der Waals surface area contributed by atoms with E-state index in [2.05, 4.69) is 84.3 Å². The molecule has 39 heavy (non-hydrogen) atoms. The summed E-state index contributed by atoms with van der Waals surface area (Å²) in [6, 6.07) is 4.34. The van der Waals surface area contributed by atoms with Crippen LogP contribution in [-0.2, 0) is 6.54 Å². The lowest BCUT2D eigenvalue weighted by atomic mass is 9.98. The standard InChI is InChI=1S/C30H41N5OS.C2H6/c1-7-8-9-28(22(2)3)33-12-10-32(11-13-33)21-26-19-27(24(5)18-23(26)4)29(36)34-14-16-35(17-15-34)30-31-20-25(6)37-30;1-2/h7-9,18-20H,2,10-17,21H2,1,3-6H3;1-2H3/b8-7-,28-9+;. The first-order valence-corrected chi connectivity index (χ1v) is 15.1. The van der Waals surface area contributed by atoms with Crippen LogP contribution in [0.2, 0.25) is 0 Å². The molecule has 1 aromatic heterocycles. The number of aromatic nitrogens is 1. The van der Waals surface area contributed by atoms with Gasteiger partial charge in [0.05, 0.1) is 0 Å². The van der Waals surface area contributed by atoms with Crippen LogP contribution in [0.15, 0.2) is 54.4 Å². The van der Waals surface area contributed by atoms with E-state index < -0.39 is 0 Å². The predicted molar refractivity (Wildman–Crippen MR) is 167 cm³/mol. The lowest BCUT2D eigenvalue weighted by Gasteiger charge is -2.38. The molecule has 212 valence electrons. The Labute approximate surface area is 240 Å². The van der Waals surface area contributed by atoms with Crippen molar-refractivity contribution in [3.63, 3.8) is 0 Å². The van der Waals surface area contributed by atoms with Crippen LogP contribution in [0.5, 0.6) is 0 Å². The topological polar surface area (TPSA) is 42.9 Å². The lowest BCUT2D eigenvalue weighted by Crippen LogP contribution is -2.49. The minimum Gasteiger partial charge on any atom is -0.369 e. The molecular weight excluding hydrogens is 502 g/mol. The van der Waals surface area contributed by atoms with Gasteiger partial charge in [0.25, 0.3) is 5.91 Å². The van der Waals surface area contributed by atoms with Crippen LogP contribution in [0.4, 0.5) is 5.13 Å². The summed E-state index contributed by atoms with van der Waals surface area (Å²) in [7, 11) is 0. The first-order valence-electron chi connectivity index (χ1n) is 14.3. The fourth-order valence-corrected chi connectivity index (χ4v) is 5.96. The average Bonchev–Trinajstić information content (AvgIpc) is 3.38. The molecule has 2 aliphatic heterocycles. The van der Waals surface area contributed by atoms with Crippen LogP contribution in [0.1, 0.15) is 59.6 Å². The second-order valence-electron chi connectivity index (χ2n) is 10.2. The summed E-state index contributed by atoms with van der Waals surface area (Å²) in [4.78, 5) is 28.5. The molecule has 0 radical (unpaired) electrons. The third-order valence-corrected chi connectivity index (χ3v) is 8.32. The number of anilines is 1. The SMILES string of the molecule is C=C(C)/C(=C\C=C/C)N1CCN(Cc2cc(C(=O)N3CCN(c4ncc(C)s4)CC3)c(C)cc2C)CC1.CC. The fraction of sp³-hybridized carbons (Fsp3) is 0.500. The summed E-state index contributed by atoms with van der Waals surface area (Å²) >= 11 is 1.72. The zero-order valence-corrected chi connectivity index (χ0v) is 25.9. The molecule has 2 aromatic rings. The minimum absolute atomic E-state index is 0.152. The van der Waals surface area contributed by atoms with Gasteiger partial charge >= 0.3 is 0 Å². The van der Waals surface area contributed by atoms with Gasteiger partial charge in [-0.3, -0.25) is 9.69 Å². The number of nitrogens with zero attached hydrogens (tertiary/aromatic N) is 5. The zero-order chi connectivity index (χ0) is 28.5. The summed E-state index contributed by atoms with van der Waals surface area (Å²) < 4.78 is 0. The van der Waals surface area contributed by atoms with Crippen LogP contribution in [0.3, 0.4) is 0 Å². The number of carbonyl (C=O) groups excluding carboxylic acids is 1. The number of hydrogen-bond acceptors (Lipinski definition) is 6. The molecule has 3 heterocycles. The number of amides is 1. The van der Waals surface area contributed by atoms with Crippen LogP contribution < -0.4 is 4.90 Å². The van der Waals surface area contributed by atoms with E-state index in [1.54, 1.807) is 11.3 Å². The van der Waals surface area contributed by atoms with Gasteiger partial charge in [-0.15, -0.1) is 11.3 Å². The van der Waals surface area contributed by atoms with E-state index in [1.807, 2.05) is 31.9 Å². The number of carbonyl (C=O) groups is 1. The normalized spacial score (nSPS) is 16.9. The van der Waals surface area contributed by atoms with Gasteiger partial charge in [0.15, 0.2) is 5.13 Å². The maximum atomic E-state index is 13.5. The quantitative estimate of drug-likeness (QED) is 0.384. The van der Waals surface area contributed by atoms with Crippen LogP contribution in [0, 0.1) is 20.8 Å². The molecule has 0 unspecified atom stereocenters. The van der Waals surface area contributed by atoms with E-state index in [-0.39, 0.29) is 5.91 Å². The van der Waals surface area contributed by atoms with Crippen molar-refractivity contribution in [2.45, 2.75) is 55.0 Å². The van der Waals surface area contributed by atoms with Gasteiger partial charge in [0, 0.05) is 81.2 Å². The van der Waals surface area contributed by atoms with Crippen molar-refractivity contribution < 1.29 is 4.79 Å². The highest BCUT2D eigenvalue weighted by Gasteiger charge is 2.26. The number of thiazole rings is 1. The Morgan fingerprint density at radius 3 is 2.18 bits per heavy atom. The zero-order valence-electron chi connectivity index (χ0n) is 25.1. The Morgan fingerprint density at radius 2 is 1.62 bits per heavy atom. The molecule has 0 aliphatic carbocycles. The number of rotatable bonds is 7. The van der Waals surface area contributed by atoms with Crippen LogP contribution >= 0.6 is 11.3 Å². The molecule has 0 spiro atoms. The maximum absolute atomic E-state index is 13.5. The molecular formula is C32H47N5OS. The maximum Gasteiger partial charge on any atom is 0.254 e. The second kappa shape index (κ2) is 14.5. The van der Waals surface area contributed by atoms with Crippen molar-refractivity contribution in [3.8, 4) is 0 Å². The molecule has 6 nitrogen and oxygen atoms in total. The van der Waals surface area contributed by atoms with Gasteiger partial charge in [0.2, 0.25) is 0 Å². The lowest BCUT2D eigenvalue weighted by molar-refractivity contribution is 0.0745. The molecule has 1 aromatic carbocycles. The van der Waals surface area contributed by atoms with Gasteiger partial charge in [-0.05, 0) is 69.0 Å². The van der Waals surface area contributed by atoms with E-state index in [1.165, 1.54) is 21.7 Å². The molecule has 4 rings (SSSR count). The molecule has 0 bridgehead atoms. The Balaban J connectivity index is 0.00000205. The average molecular weight is 550 g/mol. The van der Waals surface area contributed by atoms with Crippen molar-refractivity contribution in [2.75, 3.05) is 57.3 Å². The molecule has 0 atom stereocenters. The van der Waals surface area contributed by atoms with E-state index in [0.717, 1.165) is 80.7 Å². The number of benzene rings is 1. The first kappa shape index (κ1) is 30.6. The van der Waals surface area contributed by atoms with Crippen molar-refractivity contribution in [2.24, 2.45) is 0 Å². The van der Waals surface area contributed by atoms with Crippen molar-refractivity contribution in [3.05, 3.63) is 81.5 Å². The fourth-order valence-electron chi connectivity index (χ4n) is 5.15. The third kappa shape index (κ3) is 7.83. The van der Waals surface area contributed by atoms with Crippen molar-refractivity contribution in [1.82, 2.24) is 19.7 Å². The van der Waals surface area contributed by atoms with Gasteiger partial charge in [0.1, 0.15) is 0 Å². The summed E-state index contributed by atoms with van der Waals surface area (Å²) in [5.74, 6) is 0.152. The van der Waals surface area contributed by atoms with Gasteiger partial charge in [-0.1, -0.05) is 38.6 Å². The molecule has 0 saturated carbocycles. The Kier molecular flexibility index (Phi) is 11.4. The molecule has 2 aliphatic rings. The Bertz CT molecular complexity index is 1180. The van der Waals surface area contributed by atoms with E-state index >= 15 is 0 Å². The molecule has 2 fully saturated rings. The summed E-state index contributed by atoms with van der Waals surface area (Å²) in [5, 5.41) is 1.06. The number of hydrogen-bond donors (Lipinski definition) is 0. The second-order valence-corrected chi connectivity index (χ2v) is 11.5. The highest BCUT2D eigenvalue weighted by Crippen LogP contribution is 2.25. The number of aryl methyl sites for hydroxylation is 3. The molecule has 1 amide bonds. The molecule has 7 heteroatoms. The number of piperazine rings is 2. The Morgan fingerprint density at radius 1 is 0.974 bits per heavy atom. The van der Waals surface area contributed by atoms with Crippen molar-refractivity contribution >= 4 is 22.4 Å². The third-order valence-electron chi connectivity index (χ3n) is 7.35. The van der Waals surface area contributed by atoms with Crippen LogP contribution in [-0.4, -0.2) is 77.9 Å². The van der Waals surface area contributed by atoms with Gasteiger partial charge in [-0.2, -0.15) is 0 Å². The van der Waals surface area contributed by atoms with E-state index in [4.69, 9.17) is 0 Å². The van der Waals surface area contributed by atoms with Gasteiger partial charge in [-0.25, -0.2) is 4.98 Å². The monoisotopic (exact) mass is 549 g/mol. The van der Waals surface area contributed by atoms with Crippen LogP contribution in [0.25, 0.3) is 0 Å². The highest BCUT2D eigenvalue weighted by molar-refractivity contribution is 7.15. The van der Waals surface area contributed by atoms with E-state index in [0.29, 0.717) is 0 Å². The summed E-state index contributed by atoms with van der Waals surface area (Å²) in [6.45, 7) is 26.6. The first-order chi connectivity index (χ1) is 18.8. The van der Waals surface area contributed by atoms with Crippen molar-refractivity contribution in [1.29, 1.82) is 0 Å². The van der Waals surface area contributed by atoms with Gasteiger partial charge < -0.3 is 14.7 Å². The summed E-state index contributed by atoms with van der Waals surface area (Å²) in [5.41, 5.74) is 6.75. The Hall–Kier alpha value is -2.90. The largest absolute Gasteiger partial charge is 0.369 e. The molecule has 0 N–H and O–H groups in total. The highest BCUT2D eigenvalue weighted by atomic mass is 32.1. The summed E-state index contributed by atoms with van der Waals surface area (Å²) in [6.07, 6.45) is 8.23.